The Hall–Kier alpha value is -3.15. The Morgan fingerprint density at radius 3 is 2.77 bits per heavy atom. The summed E-state index contributed by atoms with van der Waals surface area (Å²) >= 11 is 0. The Morgan fingerprint density at radius 2 is 2.12 bits per heavy atom. The van der Waals surface area contributed by atoms with Gasteiger partial charge in [0.25, 0.3) is 5.91 Å². The number of pyridine rings is 1. The molecule has 0 aliphatic rings. The van der Waals surface area contributed by atoms with Crippen LogP contribution in [0.4, 0.5) is 5.69 Å². The second-order valence-electron chi connectivity index (χ2n) is 6.39. The van der Waals surface area contributed by atoms with Crippen molar-refractivity contribution in [2.75, 3.05) is 11.9 Å². The van der Waals surface area contributed by atoms with Gasteiger partial charge in [-0.2, -0.15) is 0 Å². The van der Waals surface area contributed by atoms with Crippen molar-refractivity contribution in [3.05, 3.63) is 66.4 Å². The largest absolute Gasteiger partial charge is 0.483 e. The number of rotatable bonds is 6. The van der Waals surface area contributed by atoms with E-state index < -0.39 is 0 Å². The van der Waals surface area contributed by atoms with Gasteiger partial charge in [0.2, 0.25) is 0 Å². The number of benzene rings is 1. The van der Waals surface area contributed by atoms with Gasteiger partial charge < -0.3 is 10.1 Å². The van der Waals surface area contributed by atoms with Crippen molar-refractivity contribution in [3.8, 4) is 11.6 Å². The van der Waals surface area contributed by atoms with Crippen LogP contribution in [0.2, 0.25) is 0 Å². The van der Waals surface area contributed by atoms with E-state index in [4.69, 9.17) is 4.74 Å². The summed E-state index contributed by atoms with van der Waals surface area (Å²) in [6.45, 7) is 6.17. The molecule has 1 amide bonds. The molecule has 1 aromatic carbocycles. The van der Waals surface area contributed by atoms with Crippen molar-refractivity contribution in [1.29, 1.82) is 0 Å². The number of aromatic nitrogens is 3. The van der Waals surface area contributed by atoms with Crippen molar-refractivity contribution < 1.29 is 9.53 Å². The molecule has 0 bridgehead atoms. The normalized spacial score (nSPS) is 10.8. The van der Waals surface area contributed by atoms with E-state index in [0.717, 1.165) is 17.1 Å². The van der Waals surface area contributed by atoms with E-state index in [-0.39, 0.29) is 12.5 Å². The van der Waals surface area contributed by atoms with Gasteiger partial charge in [-0.25, -0.2) is 9.97 Å². The van der Waals surface area contributed by atoms with Crippen LogP contribution in [0.3, 0.4) is 0 Å². The maximum atomic E-state index is 12.2. The van der Waals surface area contributed by atoms with E-state index >= 15 is 0 Å². The molecule has 3 rings (SSSR count). The molecule has 6 nitrogen and oxygen atoms in total. The summed E-state index contributed by atoms with van der Waals surface area (Å²) in [7, 11) is 0. The number of carbonyl (C=O) groups excluding carboxylic acids is 1. The van der Waals surface area contributed by atoms with Gasteiger partial charge >= 0.3 is 0 Å². The van der Waals surface area contributed by atoms with Crippen LogP contribution < -0.4 is 10.1 Å². The number of hydrogen-bond acceptors (Lipinski definition) is 4. The molecule has 0 aliphatic heterocycles. The number of hydrogen-bond donors (Lipinski definition) is 1. The quantitative estimate of drug-likeness (QED) is 0.736. The minimum Gasteiger partial charge on any atom is -0.483 e. The predicted octanol–water partition coefficient (Wildman–Crippen LogP) is 3.72. The van der Waals surface area contributed by atoms with Crippen molar-refractivity contribution in [3.63, 3.8) is 0 Å². The summed E-state index contributed by atoms with van der Waals surface area (Å²) < 4.78 is 7.49. The molecule has 6 heteroatoms. The lowest BCUT2D eigenvalue weighted by molar-refractivity contribution is -0.118. The van der Waals surface area contributed by atoms with Crippen LogP contribution in [0.1, 0.15) is 30.9 Å². The van der Waals surface area contributed by atoms with Crippen LogP contribution >= 0.6 is 0 Å². The zero-order valence-electron chi connectivity index (χ0n) is 15.1. The second kappa shape index (κ2) is 7.82. The molecule has 0 atom stereocenters. The molecule has 0 fully saturated rings. The lowest BCUT2D eigenvalue weighted by atomic mass is 10.0. The van der Waals surface area contributed by atoms with Crippen LogP contribution in [-0.2, 0) is 4.79 Å². The van der Waals surface area contributed by atoms with Gasteiger partial charge in [-0.05, 0) is 42.2 Å². The number of nitrogens with zero attached hydrogens (tertiary/aromatic N) is 3. The van der Waals surface area contributed by atoms with Crippen LogP contribution in [0.15, 0.2) is 55.2 Å². The molecule has 0 unspecified atom stereocenters. The van der Waals surface area contributed by atoms with Gasteiger partial charge in [-0.15, -0.1) is 0 Å². The Morgan fingerprint density at radius 1 is 1.27 bits per heavy atom. The van der Waals surface area contributed by atoms with Gasteiger partial charge in [0.15, 0.2) is 6.61 Å². The Labute approximate surface area is 152 Å². The SMILES string of the molecule is Cc1ccc(C(C)C)cc1OCC(=O)Nc1ccc(-n2ccnc2)nc1. The number of nitrogens with one attached hydrogen (secondary N) is 1. The Balaban J connectivity index is 1.58. The van der Waals surface area contributed by atoms with E-state index in [1.807, 2.05) is 31.3 Å². The van der Waals surface area contributed by atoms with Crippen molar-refractivity contribution in [2.24, 2.45) is 0 Å². The number of amides is 1. The van der Waals surface area contributed by atoms with Crippen molar-refractivity contribution in [2.45, 2.75) is 26.7 Å². The average Bonchev–Trinajstić information content (AvgIpc) is 3.16. The molecule has 134 valence electrons. The van der Waals surface area contributed by atoms with Gasteiger partial charge in [0.05, 0.1) is 11.9 Å². The van der Waals surface area contributed by atoms with E-state index in [1.54, 1.807) is 29.4 Å². The van der Waals surface area contributed by atoms with Crippen molar-refractivity contribution in [1.82, 2.24) is 14.5 Å². The average molecular weight is 350 g/mol. The first-order valence-corrected chi connectivity index (χ1v) is 8.50. The van der Waals surface area contributed by atoms with Gasteiger partial charge in [0, 0.05) is 12.4 Å². The number of aryl methyl sites for hydroxylation is 1. The molecule has 3 aromatic rings. The molecule has 0 spiro atoms. The molecule has 2 heterocycles. The molecule has 0 radical (unpaired) electrons. The third kappa shape index (κ3) is 4.27. The molecular formula is C20H22N4O2. The Kier molecular flexibility index (Phi) is 5.31. The van der Waals surface area contributed by atoms with Gasteiger partial charge in [-0.1, -0.05) is 26.0 Å². The number of anilines is 1. The van der Waals surface area contributed by atoms with Crippen LogP contribution in [0, 0.1) is 6.92 Å². The first-order valence-electron chi connectivity index (χ1n) is 8.50. The summed E-state index contributed by atoms with van der Waals surface area (Å²) in [5.74, 6) is 1.65. The molecule has 0 saturated heterocycles. The second-order valence-corrected chi connectivity index (χ2v) is 6.39. The molecule has 1 N–H and O–H groups in total. The summed E-state index contributed by atoms with van der Waals surface area (Å²) in [5, 5.41) is 2.79. The first-order chi connectivity index (χ1) is 12.5. The lowest BCUT2D eigenvalue weighted by Crippen LogP contribution is -2.20. The number of ether oxygens (including phenoxy) is 1. The highest BCUT2D eigenvalue weighted by molar-refractivity contribution is 5.91. The van der Waals surface area contributed by atoms with Gasteiger partial charge in [-0.3, -0.25) is 9.36 Å². The fourth-order valence-corrected chi connectivity index (χ4v) is 2.48. The molecule has 0 aliphatic carbocycles. The molecular weight excluding hydrogens is 328 g/mol. The predicted molar refractivity (Wildman–Crippen MR) is 101 cm³/mol. The number of carbonyl (C=O) groups is 1. The smallest absolute Gasteiger partial charge is 0.262 e. The number of imidazole rings is 1. The molecule has 2 aromatic heterocycles. The Bertz CT molecular complexity index is 871. The van der Waals surface area contributed by atoms with E-state index in [0.29, 0.717) is 11.6 Å². The zero-order chi connectivity index (χ0) is 18.5. The third-order valence-electron chi connectivity index (χ3n) is 4.04. The summed E-state index contributed by atoms with van der Waals surface area (Å²) in [4.78, 5) is 20.4. The first kappa shape index (κ1) is 17.7. The topological polar surface area (TPSA) is 69.0 Å². The zero-order valence-corrected chi connectivity index (χ0v) is 15.1. The highest BCUT2D eigenvalue weighted by Crippen LogP contribution is 2.24. The summed E-state index contributed by atoms with van der Waals surface area (Å²) in [6.07, 6.45) is 6.77. The van der Waals surface area contributed by atoms with E-state index in [9.17, 15) is 4.79 Å². The van der Waals surface area contributed by atoms with Gasteiger partial charge in [0.1, 0.15) is 17.9 Å². The fourth-order valence-electron chi connectivity index (χ4n) is 2.48. The fraction of sp³-hybridized carbons (Fsp3) is 0.250. The molecule has 26 heavy (non-hydrogen) atoms. The maximum Gasteiger partial charge on any atom is 0.262 e. The lowest BCUT2D eigenvalue weighted by Gasteiger charge is -2.13. The molecule has 0 saturated carbocycles. The van der Waals surface area contributed by atoms with Crippen LogP contribution in [0.5, 0.6) is 5.75 Å². The minimum atomic E-state index is -0.225. The van der Waals surface area contributed by atoms with Crippen LogP contribution in [0.25, 0.3) is 5.82 Å². The van der Waals surface area contributed by atoms with Crippen molar-refractivity contribution >= 4 is 11.6 Å². The van der Waals surface area contributed by atoms with E-state index in [1.165, 1.54) is 5.56 Å². The minimum absolute atomic E-state index is 0.0499. The maximum absolute atomic E-state index is 12.2. The van der Waals surface area contributed by atoms with Crippen LogP contribution in [-0.4, -0.2) is 27.0 Å². The third-order valence-corrected chi connectivity index (χ3v) is 4.04. The monoisotopic (exact) mass is 350 g/mol. The van der Waals surface area contributed by atoms with E-state index in [2.05, 4.69) is 35.2 Å². The summed E-state index contributed by atoms with van der Waals surface area (Å²) in [5.41, 5.74) is 2.81. The highest BCUT2D eigenvalue weighted by Gasteiger charge is 2.08. The highest BCUT2D eigenvalue weighted by atomic mass is 16.5. The summed E-state index contributed by atoms with van der Waals surface area (Å²) in [6, 6.07) is 9.70. The standard InChI is InChI=1S/C20H22N4O2/c1-14(2)16-5-4-15(3)18(10-16)26-12-20(25)23-17-6-7-19(22-11-17)24-9-8-21-13-24/h4-11,13-14H,12H2,1-3H3,(H,23,25).